The van der Waals surface area contributed by atoms with E-state index < -0.39 is 18.2 Å². The number of thiophene rings is 1. The Bertz CT molecular complexity index is 339. The zero-order valence-corrected chi connectivity index (χ0v) is 8.78. The molecule has 1 aromatic rings. The van der Waals surface area contributed by atoms with Crippen LogP contribution >= 0.6 is 11.3 Å². The second-order valence-corrected chi connectivity index (χ2v) is 4.02. The van der Waals surface area contributed by atoms with Crippen molar-refractivity contribution < 1.29 is 20.1 Å². The van der Waals surface area contributed by atoms with Gasteiger partial charge >= 0.3 is 5.97 Å². The number of aromatic carboxylic acids is 1. The zero-order valence-electron chi connectivity index (χ0n) is 7.96. The van der Waals surface area contributed by atoms with Gasteiger partial charge in [-0.3, -0.25) is 0 Å². The molecule has 0 bridgehead atoms. The van der Waals surface area contributed by atoms with E-state index in [1.165, 1.54) is 6.07 Å². The second kappa shape index (κ2) is 5.22. The molecule has 1 heterocycles. The Balaban J connectivity index is 2.85. The van der Waals surface area contributed by atoms with Gasteiger partial charge in [-0.15, -0.1) is 11.3 Å². The zero-order chi connectivity index (χ0) is 11.4. The van der Waals surface area contributed by atoms with E-state index in [1.807, 2.05) is 0 Å². The molecule has 84 valence electrons. The van der Waals surface area contributed by atoms with Gasteiger partial charge in [0.25, 0.3) is 0 Å². The SMILES string of the molecule is NCCC(O)C(O)c1ccsc1C(=O)O. The van der Waals surface area contributed by atoms with Crippen molar-refractivity contribution >= 4 is 17.3 Å². The van der Waals surface area contributed by atoms with Crippen LogP contribution in [0.1, 0.15) is 27.8 Å². The summed E-state index contributed by atoms with van der Waals surface area (Å²) in [6.45, 7) is 0.241. The van der Waals surface area contributed by atoms with Gasteiger partial charge in [0.15, 0.2) is 0 Å². The molecule has 5 nitrogen and oxygen atoms in total. The predicted molar refractivity (Wildman–Crippen MR) is 55.9 cm³/mol. The average Bonchev–Trinajstić information content (AvgIpc) is 2.65. The van der Waals surface area contributed by atoms with Gasteiger partial charge in [0.1, 0.15) is 11.0 Å². The minimum absolute atomic E-state index is 0.0542. The summed E-state index contributed by atoms with van der Waals surface area (Å²) in [6.07, 6.45) is -1.98. The van der Waals surface area contributed by atoms with Crippen LogP contribution in [0.5, 0.6) is 0 Å². The minimum Gasteiger partial charge on any atom is -0.477 e. The molecule has 0 aliphatic heterocycles. The summed E-state index contributed by atoms with van der Waals surface area (Å²) in [6, 6.07) is 1.50. The van der Waals surface area contributed by atoms with Crippen LogP contribution in [0.2, 0.25) is 0 Å². The number of aliphatic hydroxyl groups is 2. The van der Waals surface area contributed by atoms with E-state index in [0.717, 1.165) is 11.3 Å². The molecule has 1 rings (SSSR count). The number of carboxylic acids is 1. The molecule has 15 heavy (non-hydrogen) atoms. The molecule has 0 radical (unpaired) electrons. The lowest BCUT2D eigenvalue weighted by molar-refractivity contribution is 0.0144. The van der Waals surface area contributed by atoms with Crippen LogP contribution in [0.25, 0.3) is 0 Å². The van der Waals surface area contributed by atoms with Crippen LogP contribution in [-0.2, 0) is 0 Å². The van der Waals surface area contributed by atoms with Crippen molar-refractivity contribution in [3.63, 3.8) is 0 Å². The number of carbonyl (C=O) groups is 1. The monoisotopic (exact) mass is 231 g/mol. The third-order valence-electron chi connectivity index (χ3n) is 2.04. The van der Waals surface area contributed by atoms with E-state index in [4.69, 9.17) is 10.8 Å². The van der Waals surface area contributed by atoms with E-state index in [1.54, 1.807) is 5.38 Å². The molecule has 0 aliphatic rings. The van der Waals surface area contributed by atoms with Crippen LogP contribution in [-0.4, -0.2) is 33.9 Å². The molecule has 0 fully saturated rings. The fraction of sp³-hybridized carbons (Fsp3) is 0.444. The number of rotatable bonds is 5. The number of carboxylic acid groups (broad SMARTS) is 1. The lowest BCUT2D eigenvalue weighted by Crippen LogP contribution is -2.22. The maximum absolute atomic E-state index is 10.8. The summed E-state index contributed by atoms with van der Waals surface area (Å²) >= 11 is 1.02. The third kappa shape index (κ3) is 2.75. The molecule has 2 unspecified atom stereocenters. The summed E-state index contributed by atoms with van der Waals surface area (Å²) in [5, 5.41) is 29.5. The molecular weight excluding hydrogens is 218 g/mol. The second-order valence-electron chi connectivity index (χ2n) is 3.10. The van der Waals surface area contributed by atoms with Gasteiger partial charge in [0.2, 0.25) is 0 Å². The van der Waals surface area contributed by atoms with Gasteiger partial charge < -0.3 is 21.1 Å². The molecule has 0 saturated carbocycles. The summed E-state index contributed by atoms with van der Waals surface area (Å²) in [5.41, 5.74) is 5.48. The van der Waals surface area contributed by atoms with Crippen LogP contribution in [0.15, 0.2) is 11.4 Å². The first-order valence-electron chi connectivity index (χ1n) is 4.44. The molecule has 2 atom stereocenters. The van der Waals surface area contributed by atoms with Crippen molar-refractivity contribution in [2.45, 2.75) is 18.6 Å². The molecule has 1 aromatic heterocycles. The van der Waals surface area contributed by atoms with Crippen LogP contribution in [0.4, 0.5) is 0 Å². The Morgan fingerprint density at radius 3 is 2.73 bits per heavy atom. The lowest BCUT2D eigenvalue weighted by atomic mass is 10.0. The maximum atomic E-state index is 10.8. The largest absolute Gasteiger partial charge is 0.477 e. The summed E-state index contributed by atoms with van der Waals surface area (Å²) < 4.78 is 0. The fourth-order valence-corrected chi connectivity index (χ4v) is 2.04. The van der Waals surface area contributed by atoms with Gasteiger partial charge in [-0.2, -0.15) is 0 Å². The molecule has 5 N–H and O–H groups in total. The topological polar surface area (TPSA) is 104 Å². The molecule has 0 aromatic carbocycles. The summed E-state index contributed by atoms with van der Waals surface area (Å²) in [5.74, 6) is -1.10. The van der Waals surface area contributed by atoms with Gasteiger partial charge in [0.05, 0.1) is 6.10 Å². The highest BCUT2D eigenvalue weighted by molar-refractivity contribution is 7.12. The number of hydrogen-bond acceptors (Lipinski definition) is 5. The lowest BCUT2D eigenvalue weighted by Gasteiger charge is -2.16. The molecule has 6 heteroatoms. The summed E-state index contributed by atoms with van der Waals surface area (Å²) in [4.78, 5) is 10.8. The Morgan fingerprint density at radius 2 is 2.20 bits per heavy atom. The first kappa shape index (κ1) is 12.1. The standard InChI is InChI=1S/C9H13NO4S/c10-3-1-6(11)7(12)5-2-4-15-8(5)9(13)14/h2,4,6-7,11-12H,1,3,10H2,(H,13,14). The molecular formula is C9H13NO4S. The highest BCUT2D eigenvalue weighted by Gasteiger charge is 2.23. The van der Waals surface area contributed by atoms with Crippen molar-refractivity contribution in [3.05, 3.63) is 21.9 Å². The van der Waals surface area contributed by atoms with E-state index in [0.29, 0.717) is 0 Å². The normalized spacial score (nSPS) is 14.9. The Morgan fingerprint density at radius 1 is 1.53 bits per heavy atom. The average molecular weight is 231 g/mol. The van der Waals surface area contributed by atoms with Gasteiger partial charge in [-0.25, -0.2) is 4.79 Å². The Labute approximate surface area is 90.8 Å². The third-order valence-corrected chi connectivity index (χ3v) is 2.95. The smallest absolute Gasteiger partial charge is 0.346 e. The highest BCUT2D eigenvalue weighted by Crippen LogP contribution is 2.26. The van der Waals surface area contributed by atoms with Crippen molar-refractivity contribution in [1.29, 1.82) is 0 Å². The van der Waals surface area contributed by atoms with Crippen molar-refractivity contribution in [2.24, 2.45) is 5.73 Å². The van der Waals surface area contributed by atoms with Crippen molar-refractivity contribution in [1.82, 2.24) is 0 Å². The van der Waals surface area contributed by atoms with Gasteiger partial charge in [-0.05, 0) is 24.4 Å². The fourth-order valence-electron chi connectivity index (χ4n) is 1.26. The van der Waals surface area contributed by atoms with Crippen molar-refractivity contribution in [2.75, 3.05) is 6.54 Å². The first-order valence-corrected chi connectivity index (χ1v) is 5.32. The quantitative estimate of drug-likeness (QED) is 0.579. The Hall–Kier alpha value is -0.950. The van der Waals surface area contributed by atoms with Crippen LogP contribution in [0.3, 0.4) is 0 Å². The van der Waals surface area contributed by atoms with E-state index in [2.05, 4.69) is 0 Å². The Kier molecular flexibility index (Phi) is 4.22. The van der Waals surface area contributed by atoms with Gasteiger partial charge in [-0.1, -0.05) is 0 Å². The number of aliphatic hydroxyl groups excluding tert-OH is 2. The maximum Gasteiger partial charge on any atom is 0.346 e. The van der Waals surface area contributed by atoms with Crippen LogP contribution < -0.4 is 5.73 Å². The summed E-state index contributed by atoms with van der Waals surface area (Å²) in [7, 11) is 0. The number of nitrogens with two attached hydrogens (primary N) is 1. The molecule has 0 saturated heterocycles. The van der Waals surface area contributed by atoms with Crippen LogP contribution in [0, 0.1) is 0 Å². The van der Waals surface area contributed by atoms with Gasteiger partial charge in [0, 0.05) is 5.56 Å². The molecule has 0 spiro atoms. The van der Waals surface area contributed by atoms with E-state index in [9.17, 15) is 15.0 Å². The molecule has 0 amide bonds. The first-order chi connectivity index (χ1) is 7.07. The predicted octanol–water partition coefficient (Wildman–Crippen LogP) is 0.189. The van der Waals surface area contributed by atoms with E-state index in [-0.39, 0.29) is 23.4 Å². The van der Waals surface area contributed by atoms with E-state index >= 15 is 0 Å². The van der Waals surface area contributed by atoms with Crippen molar-refractivity contribution in [3.8, 4) is 0 Å². The number of hydrogen-bond donors (Lipinski definition) is 4. The molecule has 0 aliphatic carbocycles. The minimum atomic E-state index is -1.19. The highest BCUT2D eigenvalue weighted by atomic mass is 32.1.